The fraction of sp³-hybridized carbons (Fsp3) is 0.154. The molecule has 0 spiro atoms. The van der Waals surface area contributed by atoms with Gasteiger partial charge in [0.1, 0.15) is 6.04 Å². The van der Waals surface area contributed by atoms with Gasteiger partial charge >= 0.3 is 0 Å². The number of amides is 1. The van der Waals surface area contributed by atoms with Gasteiger partial charge in [0.15, 0.2) is 0 Å². The van der Waals surface area contributed by atoms with Crippen LogP contribution in [0.3, 0.4) is 0 Å². The fourth-order valence-corrected chi connectivity index (χ4v) is 1.59. The van der Waals surface area contributed by atoms with Crippen molar-refractivity contribution in [2.75, 3.05) is 0 Å². The summed E-state index contributed by atoms with van der Waals surface area (Å²) in [6.45, 7) is 0. The molecule has 1 amide bonds. The van der Waals surface area contributed by atoms with Gasteiger partial charge in [-0.05, 0) is 5.56 Å². The van der Waals surface area contributed by atoms with Crippen LogP contribution < -0.4 is 5.32 Å². The lowest BCUT2D eigenvalue weighted by atomic mass is 10.1. The van der Waals surface area contributed by atoms with Crippen molar-refractivity contribution in [2.45, 2.75) is 6.04 Å². The largest absolute Gasteiger partial charge is 0.332 e. The molecule has 0 aliphatic rings. The van der Waals surface area contributed by atoms with E-state index in [-0.39, 0.29) is 5.91 Å². The third-order valence-corrected chi connectivity index (χ3v) is 2.50. The second-order valence-corrected chi connectivity index (χ2v) is 3.85. The number of rotatable bonds is 3. The first-order valence-electron chi connectivity index (χ1n) is 5.45. The summed E-state index contributed by atoms with van der Waals surface area (Å²) < 4.78 is 1.54. The van der Waals surface area contributed by atoms with Crippen molar-refractivity contribution in [2.24, 2.45) is 7.05 Å². The van der Waals surface area contributed by atoms with Gasteiger partial charge in [-0.15, -0.1) is 0 Å². The number of hydrogen-bond acceptors (Lipinski definition) is 3. The van der Waals surface area contributed by atoms with Crippen LogP contribution in [-0.4, -0.2) is 15.7 Å². The molecule has 5 heteroatoms. The van der Waals surface area contributed by atoms with Gasteiger partial charge in [0.05, 0.1) is 17.8 Å². The highest BCUT2D eigenvalue weighted by Crippen LogP contribution is 2.12. The summed E-state index contributed by atoms with van der Waals surface area (Å²) in [6, 6.07) is 10.5. The van der Waals surface area contributed by atoms with Gasteiger partial charge in [-0.1, -0.05) is 30.3 Å². The number of carbonyl (C=O) groups is 1. The summed E-state index contributed by atoms with van der Waals surface area (Å²) >= 11 is 0. The molecule has 0 aliphatic carbocycles. The van der Waals surface area contributed by atoms with Crippen LogP contribution in [0.15, 0.2) is 42.7 Å². The fourth-order valence-electron chi connectivity index (χ4n) is 1.59. The Labute approximate surface area is 105 Å². The average molecular weight is 240 g/mol. The Balaban J connectivity index is 2.13. The van der Waals surface area contributed by atoms with E-state index in [1.54, 1.807) is 30.1 Å². The van der Waals surface area contributed by atoms with Gasteiger partial charge in [-0.25, -0.2) is 0 Å². The summed E-state index contributed by atoms with van der Waals surface area (Å²) in [5.74, 6) is -0.307. The van der Waals surface area contributed by atoms with E-state index < -0.39 is 6.04 Å². The number of nitrogens with one attached hydrogen (secondary N) is 1. The van der Waals surface area contributed by atoms with E-state index in [1.165, 1.54) is 6.20 Å². The molecule has 1 N–H and O–H groups in total. The molecule has 18 heavy (non-hydrogen) atoms. The zero-order valence-corrected chi connectivity index (χ0v) is 9.87. The molecule has 1 aromatic carbocycles. The van der Waals surface area contributed by atoms with Crippen molar-refractivity contribution in [3.63, 3.8) is 0 Å². The SMILES string of the molecule is Cn1cc(C(=O)NC(C#N)c2ccccc2)cn1. The number of aromatic nitrogens is 2. The third-order valence-electron chi connectivity index (χ3n) is 2.50. The average Bonchev–Trinajstić information content (AvgIpc) is 2.83. The first-order valence-corrected chi connectivity index (χ1v) is 5.45. The molecule has 5 nitrogen and oxygen atoms in total. The topological polar surface area (TPSA) is 70.7 Å². The molecule has 1 unspecified atom stereocenters. The Morgan fingerprint density at radius 3 is 2.72 bits per heavy atom. The van der Waals surface area contributed by atoms with E-state index in [2.05, 4.69) is 16.5 Å². The minimum absolute atomic E-state index is 0.307. The molecule has 0 saturated carbocycles. The predicted octanol–water partition coefficient (Wildman–Crippen LogP) is 1.41. The van der Waals surface area contributed by atoms with E-state index in [4.69, 9.17) is 5.26 Å². The van der Waals surface area contributed by atoms with Gasteiger partial charge < -0.3 is 5.32 Å². The van der Waals surface area contributed by atoms with Crippen molar-refractivity contribution in [3.05, 3.63) is 53.9 Å². The standard InChI is InChI=1S/C13H12N4O/c1-17-9-11(8-15-17)13(18)16-12(7-14)10-5-3-2-4-6-10/h2-6,8-9,12H,1H3,(H,16,18). The van der Waals surface area contributed by atoms with Crippen LogP contribution in [0.4, 0.5) is 0 Å². The lowest BCUT2D eigenvalue weighted by Gasteiger charge is -2.10. The second-order valence-electron chi connectivity index (χ2n) is 3.85. The molecule has 2 rings (SSSR count). The zero-order chi connectivity index (χ0) is 13.0. The molecule has 0 bridgehead atoms. The maximum Gasteiger partial charge on any atom is 0.255 e. The lowest BCUT2D eigenvalue weighted by Crippen LogP contribution is -2.27. The van der Waals surface area contributed by atoms with Gasteiger partial charge in [0.2, 0.25) is 0 Å². The van der Waals surface area contributed by atoms with Crippen LogP contribution in [0.2, 0.25) is 0 Å². The van der Waals surface area contributed by atoms with Crippen molar-refractivity contribution >= 4 is 5.91 Å². The normalized spacial score (nSPS) is 11.6. The first kappa shape index (κ1) is 11.9. The van der Waals surface area contributed by atoms with Gasteiger partial charge in [-0.3, -0.25) is 9.48 Å². The van der Waals surface area contributed by atoms with E-state index in [0.29, 0.717) is 5.56 Å². The molecule has 1 atom stereocenters. The van der Waals surface area contributed by atoms with E-state index >= 15 is 0 Å². The highest BCUT2D eigenvalue weighted by Gasteiger charge is 2.15. The Hall–Kier alpha value is -2.61. The highest BCUT2D eigenvalue weighted by molar-refractivity contribution is 5.94. The number of hydrogen-bond donors (Lipinski definition) is 1. The summed E-state index contributed by atoms with van der Waals surface area (Å²) in [4.78, 5) is 11.9. The summed E-state index contributed by atoms with van der Waals surface area (Å²) in [5.41, 5.74) is 1.20. The molecule has 1 heterocycles. The van der Waals surface area contributed by atoms with Crippen LogP contribution in [0, 0.1) is 11.3 Å². The second kappa shape index (κ2) is 5.15. The van der Waals surface area contributed by atoms with E-state index in [1.807, 2.05) is 18.2 Å². The van der Waals surface area contributed by atoms with Crippen LogP contribution in [0.5, 0.6) is 0 Å². The molecule has 0 radical (unpaired) electrons. The molecule has 1 aromatic heterocycles. The number of carbonyl (C=O) groups excluding carboxylic acids is 1. The molecular formula is C13H12N4O. The smallest absolute Gasteiger partial charge is 0.255 e. The van der Waals surface area contributed by atoms with Crippen molar-refractivity contribution in [3.8, 4) is 6.07 Å². The van der Waals surface area contributed by atoms with E-state index in [0.717, 1.165) is 5.56 Å². The number of benzene rings is 1. The maximum atomic E-state index is 11.9. The minimum Gasteiger partial charge on any atom is -0.332 e. The summed E-state index contributed by atoms with van der Waals surface area (Å²) in [6.07, 6.45) is 3.07. The summed E-state index contributed by atoms with van der Waals surface area (Å²) in [5, 5.41) is 15.7. The highest BCUT2D eigenvalue weighted by atomic mass is 16.1. The Morgan fingerprint density at radius 2 is 2.17 bits per heavy atom. The predicted molar refractivity (Wildman–Crippen MR) is 65.5 cm³/mol. The number of nitriles is 1. The molecule has 2 aromatic rings. The monoisotopic (exact) mass is 240 g/mol. The molecule has 0 saturated heterocycles. The van der Waals surface area contributed by atoms with Crippen LogP contribution in [0.1, 0.15) is 22.0 Å². The Bertz CT molecular complexity index is 583. The Kier molecular flexibility index (Phi) is 3.39. The van der Waals surface area contributed by atoms with Gasteiger partial charge in [0, 0.05) is 13.2 Å². The minimum atomic E-state index is -0.654. The van der Waals surface area contributed by atoms with Crippen molar-refractivity contribution in [1.82, 2.24) is 15.1 Å². The maximum absolute atomic E-state index is 11.9. The van der Waals surface area contributed by atoms with E-state index in [9.17, 15) is 4.79 Å². The summed E-state index contributed by atoms with van der Waals surface area (Å²) in [7, 11) is 1.73. The van der Waals surface area contributed by atoms with Crippen molar-refractivity contribution < 1.29 is 4.79 Å². The molecule has 0 fully saturated rings. The number of nitrogens with zero attached hydrogens (tertiary/aromatic N) is 3. The van der Waals surface area contributed by atoms with Crippen LogP contribution >= 0.6 is 0 Å². The molecule has 90 valence electrons. The Morgan fingerprint density at radius 1 is 1.44 bits per heavy atom. The lowest BCUT2D eigenvalue weighted by molar-refractivity contribution is 0.0945. The third kappa shape index (κ3) is 2.55. The van der Waals surface area contributed by atoms with Crippen LogP contribution in [-0.2, 0) is 7.05 Å². The zero-order valence-electron chi connectivity index (χ0n) is 9.87. The quantitative estimate of drug-likeness (QED) is 0.881. The van der Waals surface area contributed by atoms with Gasteiger partial charge in [-0.2, -0.15) is 10.4 Å². The molecular weight excluding hydrogens is 228 g/mol. The molecule has 0 aliphatic heterocycles. The first-order chi connectivity index (χ1) is 8.70. The van der Waals surface area contributed by atoms with Crippen LogP contribution in [0.25, 0.3) is 0 Å². The van der Waals surface area contributed by atoms with Crippen molar-refractivity contribution in [1.29, 1.82) is 5.26 Å². The van der Waals surface area contributed by atoms with Gasteiger partial charge in [0.25, 0.3) is 5.91 Å². The number of aryl methyl sites for hydroxylation is 1.